The van der Waals surface area contributed by atoms with E-state index in [9.17, 15) is 0 Å². The number of hydrogen-bond donors (Lipinski definition) is 1. The Morgan fingerprint density at radius 2 is 2.05 bits per heavy atom. The van der Waals surface area contributed by atoms with E-state index < -0.39 is 0 Å². The molecule has 0 bridgehead atoms. The first-order valence-corrected chi connectivity index (χ1v) is 7.68. The molecule has 0 spiro atoms. The molecule has 0 aromatic heterocycles. The average molecular weight is 259 g/mol. The fraction of sp³-hybridized carbons (Fsp3) is 0.647. The van der Waals surface area contributed by atoms with Crippen LogP contribution in [-0.2, 0) is 11.2 Å². The van der Waals surface area contributed by atoms with E-state index >= 15 is 0 Å². The van der Waals surface area contributed by atoms with Crippen LogP contribution in [0.3, 0.4) is 0 Å². The second-order valence-electron chi connectivity index (χ2n) is 6.24. The molecule has 4 unspecified atom stereocenters. The minimum absolute atomic E-state index is 0.317. The smallest absolute Gasteiger partial charge is 0.0813 e. The summed E-state index contributed by atoms with van der Waals surface area (Å²) >= 11 is 0. The van der Waals surface area contributed by atoms with Gasteiger partial charge in [-0.05, 0) is 36.9 Å². The third kappa shape index (κ3) is 2.70. The van der Waals surface area contributed by atoms with Gasteiger partial charge in [-0.25, -0.2) is 0 Å². The Labute approximate surface area is 116 Å². The largest absolute Gasteiger partial charge is 0.373 e. The SMILES string of the molecule is CNC1c2ccccc2CC1OC1CCCC(C)C1. The van der Waals surface area contributed by atoms with E-state index in [2.05, 4.69) is 36.5 Å². The van der Waals surface area contributed by atoms with E-state index in [0.717, 1.165) is 12.3 Å². The maximum Gasteiger partial charge on any atom is 0.0813 e. The minimum atomic E-state index is 0.317. The predicted octanol–water partition coefficient (Wildman–Crippen LogP) is 3.47. The molecule has 2 heteroatoms. The Morgan fingerprint density at radius 3 is 2.84 bits per heavy atom. The van der Waals surface area contributed by atoms with Crippen LogP contribution >= 0.6 is 0 Å². The number of hydrogen-bond acceptors (Lipinski definition) is 2. The third-order valence-corrected chi connectivity index (χ3v) is 4.75. The number of likely N-dealkylation sites (N-methyl/N-ethyl adjacent to an activating group) is 1. The molecule has 2 aliphatic carbocycles. The summed E-state index contributed by atoms with van der Waals surface area (Å²) in [6.07, 6.45) is 7.04. The molecule has 19 heavy (non-hydrogen) atoms. The maximum absolute atomic E-state index is 6.45. The van der Waals surface area contributed by atoms with Gasteiger partial charge in [0.25, 0.3) is 0 Å². The van der Waals surface area contributed by atoms with Crippen molar-refractivity contribution in [2.45, 2.75) is 57.3 Å². The van der Waals surface area contributed by atoms with Crippen molar-refractivity contribution >= 4 is 0 Å². The second kappa shape index (κ2) is 5.64. The van der Waals surface area contributed by atoms with E-state index in [4.69, 9.17) is 4.74 Å². The van der Waals surface area contributed by atoms with E-state index in [1.807, 2.05) is 7.05 Å². The van der Waals surface area contributed by atoms with Gasteiger partial charge in [0.15, 0.2) is 0 Å². The quantitative estimate of drug-likeness (QED) is 0.897. The van der Waals surface area contributed by atoms with Crippen molar-refractivity contribution in [3.8, 4) is 0 Å². The van der Waals surface area contributed by atoms with Crippen LogP contribution in [0.25, 0.3) is 0 Å². The van der Waals surface area contributed by atoms with Gasteiger partial charge in [0.05, 0.1) is 18.2 Å². The molecule has 1 fully saturated rings. The Balaban J connectivity index is 1.69. The highest BCUT2D eigenvalue weighted by atomic mass is 16.5. The lowest BCUT2D eigenvalue weighted by Gasteiger charge is -2.31. The van der Waals surface area contributed by atoms with Crippen LogP contribution in [0.1, 0.15) is 49.8 Å². The molecule has 0 heterocycles. The summed E-state index contributed by atoms with van der Waals surface area (Å²) < 4.78 is 6.45. The van der Waals surface area contributed by atoms with Crippen LogP contribution in [0, 0.1) is 5.92 Å². The van der Waals surface area contributed by atoms with Gasteiger partial charge in [-0.1, -0.05) is 44.0 Å². The van der Waals surface area contributed by atoms with Crippen LogP contribution < -0.4 is 5.32 Å². The van der Waals surface area contributed by atoms with E-state index in [0.29, 0.717) is 18.2 Å². The molecule has 1 N–H and O–H groups in total. The summed E-state index contributed by atoms with van der Waals surface area (Å²) in [4.78, 5) is 0. The molecule has 2 nitrogen and oxygen atoms in total. The first-order valence-electron chi connectivity index (χ1n) is 7.68. The molecule has 0 amide bonds. The van der Waals surface area contributed by atoms with Gasteiger partial charge >= 0.3 is 0 Å². The molecular weight excluding hydrogens is 234 g/mol. The van der Waals surface area contributed by atoms with Crippen molar-refractivity contribution in [1.82, 2.24) is 5.32 Å². The van der Waals surface area contributed by atoms with Crippen molar-refractivity contribution < 1.29 is 4.74 Å². The van der Waals surface area contributed by atoms with Crippen molar-refractivity contribution in [2.75, 3.05) is 7.05 Å². The zero-order valence-electron chi connectivity index (χ0n) is 12.1. The fourth-order valence-electron chi connectivity index (χ4n) is 3.78. The summed E-state index contributed by atoms with van der Waals surface area (Å²) in [6, 6.07) is 9.12. The predicted molar refractivity (Wildman–Crippen MR) is 78.2 cm³/mol. The molecule has 2 aliphatic rings. The number of nitrogens with one attached hydrogen (secondary N) is 1. The molecule has 1 aromatic rings. The highest BCUT2D eigenvalue weighted by Gasteiger charge is 2.34. The normalized spacial score (nSPS) is 34.2. The zero-order valence-corrected chi connectivity index (χ0v) is 12.1. The molecule has 3 rings (SSSR count). The van der Waals surface area contributed by atoms with Crippen molar-refractivity contribution in [3.05, 3.63) is 35.4 Å². The van der Waals surface area contributed by atoms with Crippen LogP contribution in [0.2, 0.25) is 0 Å². The lowest BCUT2D eigenvalue weighted by atomic mass is 9.88. The van der Waals surface area contributed by atoms with Gasteiger partial charge in [-0.3, -0.25) is 0 Å². The summed E-state index contributed by atoms with van der Waals surface area (Å²) in [5, 5.41) is 3.45. The molecule has 1 saturated carbocycles. The van der Waals surface area contributed by atoms with Gasteiger partial charge in [0.1, 0.15) is 0 Å². The van der Waals surface area contributed by atoms with E-state index in [1.54, 1.807) is 0 Å². The highest BCUT2D eigenvalue weighted by Crippen LogP contribution is 2.36. The first kappa shape index (κ1) is 13.1. The van der Waals surface area contributed by atoms with Crippen LogP contribution in [0.4, 0.5) is 0 Å². The molecule has 0 aliphatic heterocycles. The van der Waals surface area contributed by atoms with Gasteiger partial charge in [-0.15, -0.1) is 0 Å². The van der Waals surface area contributed by atoms with Crippen LogP contribution in [0.5, 0.6) is 0 Å². The van der Waals surface area contributed by atoms with Crippen molar-refractivity contribution in [2.24, 2.45) is 5.92 Å². The van der Waals surface area contributed by atoms with Crippen molar-refractivity contribution in [1.29, 1.82) is 0 Å². The number of ether oxygens (including phenoxy) is 1. The number of rotatable bonds is 3. The average Bonchev–Trinajstić information content (AvgIpc) is 2.75. The van der Waals surface area contributed by atoms with E-state index in [1.165, 1.54) is 36.8 Å². The Bertz CT molecular complexity index is 431. The minimum Gasteiger partial charge on any atom is -0.373 e. The second-order valence-corrected chi connectivity index (χ2v) is 6.24. The molecular formula is C17H25NO. The highest BCUT2D eigenvalue weighted by molar-refractivity contribution is 5.36. The summed E-state index contributed by atoms with van der Waals surface area (Å²) in [5.41, 5.74) is 2.88. The lowest BCUT2D eigenvalue weighted by Crippen LogP contribution is -2.33. The number of benzene rings is 1. The lowest BCUT2D eigenvalue weighted by molar-refractivity contribution is -0.0483. The van der Waals surface area contributed by atoms with Gasteiger partial charge in [0, 0.05) is 6.42 Å². The van der Waals surface area contributed by atoms with Gasteiger partial charge in [-0.2, -0.15) is 0 Å². The molecule has 104 valence electrons. The topological polar surface area (TPSA) is 21.3 Å². The standard InChI is InChI=1S/C17H25NO/c1-12-6-5-8-14(10-12)19-16-11-13-7-3-4-9-15(13)17(16)18-2/h3-4,7,9,12,14,16-18H,5-6,8,10-11H2,1-2H3. The van der Waals surface area contributed by atoms with Gasteiger partial charge in [0.2, 0.25) is 0 Å². The Morgan fingerprint density at radius 1 is 1.21 bits per heavy atom. The number of fused-ring (bicyclic) bond motifs is 1. The van der Waals surface area contributed by atoms with Crippen LogP contribution in [-0.4, -0.2) is 19.3 Å². The van der Waals surface area contributed by atoms with Crippen LogP contribution in [0.15, 0.2) is 24.3 Å². The summed E-state index contributed by atoms with van der Waals surface area (Å²) in [7, 11) is 2.05. The molecule has 0 saturated heterocycles. The fourth-order valence-corrected chi connectivity index (χ4v) is 3.78. The Hall–Kier alpha value is -0.860. The molecule has 1 aromatic carbocycles. The third-order valence-electron chi connectivity index (χ3n) is 4.75. The van der Waals surface area contributed by atoms with E-state index in [-0.39, 0.29) is 0 Å². The molecule has 4 atom stereocenters. The maximum atomic E-state index is 6.45. The monoisotopic (exact) mass is 259 g/mol. The Kier molecular flexibility index (Phi) is 3.90. The summed E-state index contributed by atoms with van der Waals surface area (Å²) in [6.45, 7) is 2.36. The zero-order chi connectivity index (χ0) is 13.2. The first-order chi connectivity index (χ1) is 9.28. The van der Waals surface area contributed by atoms with Gasteiger partial charge < -0.3 is 10.1 Å². The van der Waals surface area contributed by atoms with Crippen molar-refractivity contribution in [3.63, 3.8) is 0 Å². The molecule has 0 radical (unpaired) electrons. The summed E-state index contributed by atoms with van der Waals surface area (Å²) in [5.74, 6) is 0.829.